The van der Waals surface area contributed by atoms with Crippen molar-refractivity contribution in [2.45, 2.75) is 46.1 Å². The van der Waals surface area contributed by atoms with Crippen molar-refractivity contribution in [2.75, 3.05) is 45.8 Å². The summed E-state index contributed by atoms with van der Waals surface area (Å²) < 4.78 is 0. The molecule has 2 rings (SSSR count). The molecule has 122 valence electrons. The number of piperidine rings is 1. The highest BCUT2D eigenvalue weighted by molar-refractivity contribution is 5.82. The van der Waals surface area contributed by atoms with E-state index in [1.165, 1.54) is 19.4 Å². The van der Waals surface area contributed by atoms with E-state index in [1.807, 2.05) is 13.8 Å². The monoisotopic (exact) mass is 295 g/mol. The highest BCUT2D eigenvalue weighted by atomic mass is 16.1. The second-order valence-electron chi connectivity index (χ2n) is 7.87. The van der Waals surface area contributed by atoms with E-state index >= 15 is 0 Å². The average Bonchev–Trinajstić information content (AvgIpc) is 2.39. The smallest absolute Gasteiger partial charge is 0.149 e. The van der Waals surface area contributed by atoms with Gasteiger partial charge in [0.25, 0.3) is 0 Å². The van der Waals surface area contributed by atoms with Crippen LogP contribution in [0.2, 0.25) is 0 Å². The third-order valence-corrected chi connectivity index (χ3v) is 4.96. The zero-order valence-electron chi connectivity index (χ0n) is 14.3. The summed E-state index contributed by atoms with van der Waals surface area (Å²) in [4.78, 5) is 16.7. The lowest BCUT2D eigenvalue weighted by atomic mass is 9.84. The molecule has 0 aromatic carbocycles. The standard InChI is InChI=1S/C17H33N3O/c1-14(2)16(21)13-20-9-7-19(8-10-20)12-15-5-6-18-17(3,4)11-15/h14-15,18H,5-13H2,1-4H3. The lowest BCUT2D eigenvalue weighted by Crippen LogP contribution is -2.52. The van der Waals surface area contributed by atoms with E-state index in [4.69, 9.17) is 0 Å². The van der Waals surface area contributed by atoms with Gasteiger partial charge in [0.05, 0.1) is 6.54 Å². The zero-order chi connectivity index (χ0) is 15.5. The van der Waals surface area contributed by atoms with E-state index in [2.05, 4.69) is 29.0 Å². The van der Waals surface area contributed by atoms with E-state index in [1.54, 1.807) is 0 Å². The third kappa shape index (κ3) is 5.35. The summed E-state index contributed by atoms with van der Waals surface area (Å²) in [5, 5.41) is 3.60. The van der Waals surface area contributed by atoms with Crippen molar-refractivity contribution in [1.29, 1.82) is 0 Å². The maximum Gasteiger partial charge on any atom is 0.149 e. The molecular weight excluding hydrogens is 262 g/mol. The molecule has 0 saturated carbocycles. The third-order valence-electron chi connectivity index (χ3n) is 4.96. The van der Waals surface area contributed by atoms with Gasteiger partial charge in [-0.3, -0.25) is 9.69 Å². The Morgan fingerprint density at radius 1 is 1.19 bits per heavy atom. The van der Waals surface area contributed by atoms with Crippen molar-refractivity contribution < 1.29 is 4.79 Å². The fourth-order valence-electron chi connectivity index (χ4n) is 3.56. The molecule has 2 aliphatic heterocycles. The summed E-state index contributed by atoms with van der Waals surface area (Å²) in [6.07, 6.45) is 2.58. The van der Waals surface area contributed by atoms with E-state index in [0.717, 1.165) is 38.6 Å². The topological polar surface area (TPSA) is 35.6 Å². The van der Waals surface area contributed by atoms with Gasteiger partial charge in [0.15, 0.2) is 0 Å². The molecule has 1 atom stereocenters. The number of hydrogen-bond donors (Lipinski definition) is 1. The van der Waals surface area contributed by atoms with Crippen LogP contribution in [0.25, 0.3) is 0 Å². The zero-order valence-corrected chi connectivity index (χ0v) is 14.3. The summed E-state index contributed by atoms with van der Waals surface area (Å²) in [7, 11) is 0. The van der Waals surface area contributed by atoms with Crippen LogP contribution in [-0.4, -0.2) is 66.9 Å². The molecule has 1 unspecified atom stereocenters. The molecule has 0 aromatic rings. The molecule has 2 heterocycles. The Bertz CT molecular complexity index is 346. The van der Waals surface area contributed by atoms with Gasteiger partial charge in [0, 0.05) is 44.2 Å². The summed E-state index contributed by atoms with van der Waals surface area (Å²) in [5.41, 5.74) is 0.300. The molecular formula is C17H33N3O. The predicted octanol–water partition coefficient (Wildman–Crippen LogP) is 1.61. The van der Waals surface area contributed by atoms with Gasteiger partial charge < -0.3 is 10.2 Å². The Morgan fingerprint density at radius 3 is 2.38 bits per heavy atom. The number of nitrogens with one attached hydrogen (secondary N) is 1. The maximum absolute atomic E-state index is 11.8. The van der Waals surface area contributed by atoms with Crippen LogP contribution in [0, 0.1) is 11.8 Å². The summed E-state index contributed by atoms with van der Waals surface area (Å²) >= 11 is 0. The van der Waals surface area contributed by atoms with E-state index in [9.17, 15) is 4.79 Å². The van der Waals surface area contributed by atoms with Gasteiger partial charge in [-0.1, -0.05) is 13.8 Å². The van der Waals surface area contributed by atoms with Crippen molar-refractivity contribution in [3.8, 4) is 0 Å². The molecule has 0 aromatic heterocycles. The molecule has 0 radical (unpaired) electrons. The number of ketones is 1. The molecule has 21 heavy (non-hydrogen) atoms. The van der Waals surface area contributed by atoms with Crippen LogP contribution < -0.4 is 5.32 Å². The summed E-state index contributed by atoms with van der Waals surface area (Å²) in [6.45, 7) is 16.0. The average molecular weight is 295 g/mol. The normalized spacial score (nSPS) is 28.0. The summed E-state index contributed by atoms with van der Waals surface area (Å²) in [6, 6.07) is 0. The first-order valence-electron chi connectivity index (χ1n) is 8.58. The van der Waals surface area contributed by atoms with Crippen molar-refractivity contribution in [2.24, 2.45) is 11.8 Å². The number of nitrogens with zero attached hydrogens (tertiary/aromatic N) is 2. The van der Waals surface area contributed by atoms with E-state index in [0.29, 0.717) is 17.9 Å². The van der Waals surface area contributed by atoms with Crippen LogP contribution in [0.1, 0.15) is 40.5 Å². The fraction of sp³-hybridized carbons (Fsp3) is 0.941. The van der Waals surface area contributed by atoms with Gasteiger partial charge in [0.1, 0.15) is 5.78 Å². The van der Waals surface area contributed by atoms with Crippen molar-refractivity contribution >= 4 is 5.78 Å². The molecule has 4 heteroatoms. The first kappa shape index (κ1) is 16.9. The summed E-state index contributed by atoms with van der Waals surface area (Å²) in [5.74, 6) is 1.37. The highest BCUT2D eigenvalue weighted by Crippen LogP contribution is 2.25. The Balaban J connectivity index is 1.70. The SMILES string of the molecule is CC(C)C(=O)CN1CCN(CC2CCNC(C)(C)C2)CC1. The number of hydrogen-bond acceptors (Lipinski definition) is 4. The number of piperazine rings is 1. The van der Waals surface area contributed by atoms with Gasteiger partial charge in [0.2, 0.25) is 0 Å². The Morgan fingerprint density at radius 2 is 1.81 bits per heavy atom. The predicted molar refractivity (Wildman–Crippen MR) is 87.5 cm³/mol. The molecule has 0 aliphatic carbocycles. The first-order valence-corrected chi connectivity index (χ1v) is 8.58. The lowest BCUT2D eigenvalue weighted by molar-refractivity contribution is -0.123. The van der Waals surface area contributed by atoms with Crippen LogP contribution in [0.15, 0.2) is 0 Å². The van der Waals surface area contributed by atoms with Gasteiger partial charge >= 0.3 is 0 Å². The molecule has 2 fully saturated rings. The fourth-order valence-corrected chi connectivity index (χ4v) is 3.56. The quantitative estimate of drug-likeness (QED) is 0.836. The van der Waals surface area contributed by atoms with Crippen molar-refractivity contribution in [1.82, 2.24) is 15.1 Å². The van der Waals surface area contributed by atoms with Crippen LogP contribution in [0.4, 0.5) is 0 Å². The number of carbonyl (C=O) groups is 1. The molecule has 4 nitrogen and oxygen atoms in total. The molecule has 0 spiro atoms. The molecule has 2 aliphatic rings. The van der Waals surface area contributed by atoms with Crippen molar-refractivity contribution in [3.63, 3.8) is 0 Å². The Hall–Kier alpha value is -0.450. The molecule has 2 saturated heterocycles. The minimum atomic E-state index is 0.167. The maximum atomic E-state index is 11.8. The minimum Gasteiger partial charge on any atom is -0.312 e. The second kappa shape index (κ2) is 7.21. The largest absolute Gasteiger partial charge is 0.312 e. The van der Waals surface area contributed by atoms with Gasteiger partial charge in [-0.15, -0.1) is 0 Å². The van der Waals surface area contributed by atoms with Crippen LogP contribution >= 0.6 is 0 Å². The number of carbonyl (C=O) groups excluding carboxylic acids is 1. The number of rotatable bonds is 5. The van der Waals surface area contributed by atoms with Gasteiger partial charge in [-0.25, -0.2) is 0 Å². The van der Waals surface area contributed by atoms with Gasteiger partial charge in [-0.05, 0) is 39.2 Å². The number of Topliss-reactive ketones (excluding diaryl/α,β-unsaturated/α-hetero) is 1. The lowest BCUT2D eigenvalue weighted by Gasteiger charge is -2.41. The van der Waals surface area contributed by atoms with Gasteiger partial charge in [-0.2, -0.15) is 0 Å². The molecule has 1 N–H and O–H groups in total. The van der Waals surface area contributed by atoms with Crippen LogP contribution in [0.3, 0.4) is 0 Å². The highest BCUT2D eigenvalue weighted by Gasteiger charge is 2.29. The van der Waals surface area contributed by atoms with Crippen LogP contribution in [0.5, 0.6) is 0 Å². The molecule has 0 bridgehead atoms. The second-order valence-corrected chi connectivity index (χ2v) is 7.87. The van der Waals surface area contributed by atoms with Crippen LogP contribution in [-0.2, 0) is 4.79 Å². The Kier molecular flexibility index (Phi) is 5.81. The first-order chi connectivity index (χ1) is 9.85. The van der Waals surface area contributed by atoms with Crippen molar-refractivity contribution in [3.05, 3.63) is 0 Å². The minimum absolute atomic E-state index is 0.167. The Labute approximate surface area is 130 Å². The van der Waals surface area contributed by atoms with E-state index < -0.39 is 0 Å². The van der Waals surface area contributed by atoms with E-state index in [-0.39, 0.29) is 5.92 Å². The molecule has 0 amide bonds.